The fourth-order valence-electron chi connectivity index (χ4n) is 3.91. The monoisotopic (exact) mass is 592 g/mol. The van der Waals surface area contributed by atoms with Crippen LogP contribution < -0.4 is 0 Å². The largest absolute Gasteiger partial charge is 0.465 e. The Bertz CT molecular complexity index is 713. The van der Waals surface area contributed by atoms with Gasteiger partial charge in [-0.3, -0.25) is 9.59 Å². The van der Waals surface area contributed by atoms with Crippen LogP contribution in [0.4, 0.5) is 0 Å². The summed E-state index contributed by atoms with van der Waals surface area (Å²) >= 11 is 3.54. The fourth-order valence-corrected chi connectivity index (χ4v) is 7.71. The van der Waals surface area contributed by atoms with Gasteiger partial charge in [0.15, 0.2) is 0 Å². The molecule has 0 spiro atoms. The highest BCUT2D eigenvalue weighted by atomic mass is 32.2. The number of carbonyl (C=O) groups excluding carboxylic acids is 3. The summed E-state index contributed by atoms with van der Waals surface area (Å²) in [5.41, 5.74) is -0.803. The standard InChI is InChI=1S/C27H48O8S2Si/c1-6-24(28)33-20-27(7-2,22-35-26(30)15-18-37-23-12-9-8-10-13-23)21-34-25(29)14-17-36-16-11-19-38(5,31-3)32-4/h6,23H,1,7-22H2,2-5H3. The Labute approximate surface area is 238 Å². The normalized spacial score (nSPS) is 15.9. The minimum atomic E-state index is -2.05. The Hall–Kier alpha value is -1.01. The highest BCUT2D eigenvalue weighted by molar-refractivity contribution is 8.00. The SMILES string of the molecule is C=CC(=O)OCC(CC)(COC(=O)CCSCCC[Si](C)(OC)OC)COC(=O)CCSC1CCCCC1. The predicted octanol–water partition coefficient (Wildman–Crippen LogP) is 5.53. The van der Waals surface area contributed by atoms with E-state index in [1.807, 2.05) is 25.2 Å². The maximum absolute atomic E-state index is 12.4. The molecule has 8 nitrogen and oxygen atoms in total. The van der Waals surface area contributed by atoms with Crippen LogP contribution in [-0.2, 0) is 37.4 Å². The third-order valence-corrected chi connectivity index (χ3v) is 12.4. The first-order valence-corrected chi connectivity index (χ1v) is 18.3. The number of hydrogen-bond donors (Lipinski definition) is 0. The van der Waals surface area contributed by atoms with E-state index in [0.717, 1.165) is 30.0 Å². The molecule has 1 aliphatic carbocycles. The number of ether oxygens (including phenoxy) is 3. The lowest BCUT2D eigenvalue weighted by Crippen LogP contribution is -2.39. The number of rotatable bonds is 21. The lowest BCUT2D eigenvalue weighted by atomic mass is 9.88. The Morgan fingerprint density at radius 1 is 0.921 bits per heavy atom. The van der Waals surface area contributed by atoms with E-state index < -0.39 is 19.9 Å². The average Bonchev–Trinajstić information content (AvgIpc) is 2.94. The van der Waals surface area contributed by atoms with Gasteiger partial charge in [-0.25, -0.2) is 4.79 Å². The minimum Gasteiger partial charge on any atom is -0.465 e. The zero-order chi connectivity index (χ0) is 28.3. The van der Waals surface area contributed by atoms with E-state index in [2.05, 4.69) is 6.58 Å². The van der Waals surface area contributed by atoms with Gasteiger partial charge >= 0.3 is 26.5 Å². The van der Waals surface area contributed by atoms with Crippen molar-refractivity contribution in [1.29, 1.82) is 0 Å². The zero-order valence-corrected chi connectivity index (χ0v) is 26.4. The minimum absolute atomic E-state index is 0.00710. The third kappa shape index (κ3) is 15.0. The van der Waals surface area contributed by atoms with Gasteiger partial charge in [0.25, 0.3) is 0 Å². The second-order valence-electron chi connectivity index (χ2n) is 9.88. The molecule has 0 radical (unpaired) electrons. The van der Waals surface area contributed by atoms with Crippen LogP contribution in [0.1, 0.15) is 64.7 Å². The molecule has 0 aliphatic heterocycles. The fraction of sp³-hybridized carbons (Fsp3) is 0.815. The van der Waals surface area contributed by atoms with Gasteiger partial charge in [-0.05, 0) is 44.0 Å². The molecule has 0 saturated heterocycles. The molecule has 38 heavy (non-hydrogen) atoms. The van der Waals surface area contributed by atoms with Gasteiger partial charge in [0, 0.05) is 37.1 Å². The van der Waals surface area contributed by atoms with Crippen LogP contribution in [0.3, 0.4) is 0 Å². The average molecular weight is 593 g/mol. The topological polar surface area (TPSA) is 97.4 Å². The van der Waals surface area contributed by atoms with Crippen LogP contribution in [0.15, 0.2) is 12.7 Å². The number of thioether (sulfide) groups is 2. The van der Waals surface area contributed by atoms with Gasteiger partial charge in [0.2, 0.25) is 0 Å². The molecule has 0 aromatic heterocycles. The zero-order valence-electron chi connectivity index (χ0n) is 23.8. The molecule has 0 bridgehead atoms. The molecule has 0 amide bonds. The molecule has 1 rings (SSSR count). The first-order valence-electron chi connectivity index (χ1n) is 13.6. The molecule has 1 fully saturated rings. The third-order valence-electron chi connectivity index (χ3n) is 6.96. The molecule has 1 atom stereocenters. The second kappa shape index (κ2) is 20.0. The molecular formula is C27H48O8S2Si. The predicted molar refractivity (Wildman–Crippen MR) is 157 cm³/mol. The summed E-state index contributed by atoms with van der Waals surface area (Å²) in [5, 5.41) is 0.639. The summed E-state index contributed by atoms with van der Waals surface area (Å²) in [6, 6.07) is 0.901. The molecule has 220 valence electrons. The highest BCUT2D eigenvalue weighted by Crippen LogP contribution is 2.29. The van der Waals surface area contributed by atoms with Gasteiger partial charge < -0.3 is 23.1 Å². The van der Waals surface area contributed by atoms with E-state index in [1.165, 1.54) is 32.1 Å². The quantitative estimate of drug-likeness (QED) is 0.0556. The molecule has 0 aromatic rings. The number of carbonyl (C=O) groups is 3. The van der Waals surface area contributed by atoms with Crippen molar-refractivity contribution < 1.29 is 37.4 Å². The molecule has 0 N–H and O–H groups in total. The van der Waals surface area contributed by atoms with Crippen molar-refractivity contribution in [3.63, 3.8) is 0 Å². The summed E-state index contributed by atoms with van der Waals surface area (Å²) in [6.45, 7) is 7.36. The Balaban J connectivity index is 2.45. The van der Waals surface area contributed by atoms with E-state index in [4.69, 9.17) is 23.1 Å². The summed E-state index contributed by atoms with van der Waals surface area (Å²) in [5.74, 6) is 1.11. The molecule has 1 saturated carbocycles. The van der Waals surface area contributed by atoms with E-state index in [-0.39, 0.29) is 38.2 Å². The van der Waals surface area contributed by atoms with Crippen LogP contribution in [-0.4, -0.2) is 83.0 Å². The first kappa shape index (κ1) is 35.0. The van der Waals surface area contributed by atoms with Crippen LogP contribution >= 0.6 is 23.5 Å². The summed E-state index contributed by atoms with van der Waals surface area (Å²) < 4.78 is 27.4. The summed E-state index contributed by atoms with van der Waals surface area (Å²) in [6.07, 6.45) is 9.45. The number of hydrogen-bond acceptors (Lipinski definition) is 10. The van der Waals surface area contributed by atoms with Gasteiger partial charge in [-0.2, -0.15) is 23.5 Å². The number of esters is 3. The van der Waals surface area contributed by atoms with Gasteiger partial charge in [-0.15, -0.1) is 0 Å². The maximum atomic E-state index is 12.4. The smallest absolute Gasteiger partial charge is 0.334 e. The van der Waals surface area contributed by atoms with E-state index in [1.54, 1.807) is 26.0 Å². The Morgan fingerprint density at radius 3 is 2.05 bits per heavy atom. The van der Waals surface area contributed by atoms with E-state index >= 15 is 0 Å². The van der Waals surface area contributed by atoms with E-state index in [9.17, 15) is 14.4 Å². The molecule has 0 aromatic carbocycles. The van der Waals surface area contributed by atoms with Crippen LogP contribution in [0, 0.1) is 5.41 Å². The van der Waals surface area contributed by atoms with Crippen LogP contribution in [0.25, 0.3) is 0 Å². The maximum Gasteiger partial charge on any atom is 0.334 e. The summed E-state index contributed by atoms with van der Waals surface area (Å²) in [7, 11) is 1.32. The first-order chi connectivity index (χ1) is 18.2. The molecule has 1 aliphatic rings. The van der Waals surface area contributed by atoms with Crippen LogP contribution in [0.2, 0.25) is 12.6 Å². The van der Waals surface area contributed by atoms with E-state index in [0.29, 0.717) is 23.8 Å². The summed E-state index contributed by atoms with van der Waals surface area (Å²) in [4.78, 5) is 36.5. The second-order valence-corrected chi connectivity index (χ2v) is 16.1. The Kier molecular flexibility index (Phi) is 18.4. The lowest BCUT2D eigenvalue weighted by Gasteiger charge is -2.31. The lowest BCUT2D eigenvalue weighted by molar-refractivity contribution is -0.160. The van der Waals surface area contributed by atoms with Crippen molar-refractivity contribution in [3.8, 4) is 0 Å². The van der Waals surface area contributed by atoms with Crippen LogP contribution in [0.5, 0.6) is 0 Å². The molecular weight excluding hydrogens is 545 g/mol. The molecule has 1 unspecified atom stereocenters. The molecule has 0 heterocycles. The van der Waals surface area contributed by atoms with Crippen molar-refractivity contribution in [2.45, 2.75) is 82.6 Å². The highest BCUT2D eigenvalue weighted by Gasteiger charge is 2.34. The van der Waals surface area contributed by atoms with Crippen molar-refractivity contribution in [2.75, 3.05) is 51.3 Å². The van der Waals surface area contributed by atoms with Crippen molar-refractivity contribution >= 4 is 50.0 Å². The van der Waals surface area contributed by atoms with Gasteiger partial charge in [-0.1, -0.05) is 32.8 Å². The Morgan fingerprint density at radius 2 is 1.50 bits per heavy atom. The van der Waals surface area contributed by atoms with Crippen molar-refractivity contribution in [1.82, 2.24) is 0 Å². The van der Waals surface area contributed by atoms with Crippen molar-refractivity contribution in [2.24, 2.45) is 5.41 Å². The van der Waals surface area contributed by atoms with Crippen molar-refractivity contribution in [3.05, 3.63) is 12.7 Å². The van der Waals surface area contributed by atoms with Gasteiger partial charge in [0.05, 0.1) is 18.3 Å². The van der Waals surface area contributed by atoms with Gasteiger partial charge in [0.1, 0.15) is 19.8 Å². The molecule has 11 heteroatoms.